The number of hydrogen-bond acceptors (Lipinski definition) is 2. The zero-order chi connectivity index (χ0) is 17.8. The van der Waals surface area contributed by atoms with Gasteiger partial charge in [0.05, 0.1) is 5.56 Å². The zero-order valence-corrected chi connectivity index (χ0v) is 14.7. The van der Waals surface area contributed by atoms with E-state index in [4.69, 9.17) is 4.74 Å². The van der Waals surface area contributed by atoms with Crippen molar-refractivity contribution in [1.29, 1.82) is 0 Å². The molecule has 0 bridgehead atoms. The Hall–Kier alpha value is -2.55. The second kappa shape index (κ2) is 7.56. The van der Waals surface area contributed by atoms with E-state index in [1.54, 1.807) is 0 Å². The molecule has 1 N–H and O–H groups in total. The smallest absolute Gasteiger partial charge is 0.336 e. The molecule has 0 atom stereocenters. The first kappa shape index (κ1) is 17.3. The van der Waals surface area contributed by atoms with E-state index in [1.807, 2.05) is 36.4 Å². The van der Waals surface area contributed by atoms with Crippen LogP contribution in [0.2, 0.25) is 0 Å². The molecule has 0 unspecified atom stereocenters. The van der Waals surface area contributed by atoms with Crippen LogP contribution in [0.1, 0.15) is 58.8 Å². The number of aromatic carboxylic acids is 1. The van der Waals surface area contributed by atoms with Gasteiger partial charge in [0.1, 0.15) is 11.5 Å². The van der Waals surface area contributed by atoms with E-state index in [2.05, 4.69) is 13.5 Å². The normalized spacial score (nSPS) is 12.0. The molecule has 2 aromatic rings. The van der Waals surface area contributed by atoms with Crippen LogP contribution >= 0.6 is 0 Å². The minimum atomic E-state index is -0.864. The van der Waals surface area contributed by atoms with Gasteiger partial charge in [0.25, 0.3) is 0 Å². The molecule has 3 heteroatoms. The van der Waals surface area contributed by atoms with Gasteiger partial charge in [0, 0.05) is 12.0 Å². The first-order valence-electron chi connectivity index (χ1n) is 8.93. The van der Waals surface area contributed by atoms with Crippen molar-refractivity contribution in [3.63, 3.8) is 0 Å². The second-order valence-corrected chi connectivity index (χ2v) is 6.51. The number of rotatable bonds is 7. The van der Waals surface area contributed by atoms with Gasteiger partial charge in [-0.05, 0) is 48.1 Å². The van der Waals surface area contributed by atoms with Crippen molar-refractivity contribution in [3.8, 4) is 11.5 Å². The maximum Gasteiger partial charge on any atom is 0.336 e. The molecule has 3 rings (SSSR count). The Morgan fingerprint density at radius 2 is 2.08 bits per heavy atom. The summed E-state index contributed by atoms with van der Waals surface area (Å²) in [4.78, 5) is 12.1. The number of hydrogen-bond donors (Lipinski definition) is 1. The van der Waals surface area contributed by atoms with Gasteiger partial charge < -0.3 is 9.84 Å². The molecule has 0 saturated carbocycles. The molecule has 0 fully saturated rings. The molecule has 0 amide bonds. The third kappa shape index (κ3) is 3.46. The minimum absolute atomic E-state index is 0.431. The summed E-state index contributed by atoms with van der Waals surface area (Å²) in [6.07, 6.45) is 7.07. The predicted molar refractivity (Wildman–Crippen MR) is 99.9 cm³/mol. The molecule has 0 aromatic heterocycles. The molecule has 1 aliphatic heterocycles. The van der Waals surface area contributed by atoms with Crippen LogP contribution < -0.4 is 4.74 Å². The second-order valence-electron chi connectivity index (χ2n) is 6.51. The first-order chi connectivity index (χ1) is 12.2. The van der Waals surface area contributed by atoms with E-state index in [-0.39, 0.29) is 0 Å². The minimum Gasteiger partial charge on any atom is -0.478 e. The third-order valence-electron chi connectivity index (χ3n) is 4.76. The van der Waals surface area contributed by atoms with Gasteiger partial charge in [-0.3, -0.25) is 0 Å². The van der Waals surface area contributed by atoms with Gasteiger partial charge in [-0.15, -0.1) is 6.58 Å². The van der Waals surface area contributed by atoms with Crippen LogP contribution in [0.25, 0.3) is 0 Å². The maximum atomic E-state index is 12.1. The molecular formula is C22H24O3. The fraction of sp³-hybridized carbons (Fsp3) is 0.318. The number of unbranched alkanes of at least 4 members (excludes halogenated alkanes) is 2. The van der Waals surface area contributed by atoms with Crippen LogP contribution in [0.3, 0.4) is 0 Å². The summed E-state index contributed by atoms with van der Waals surface area (Å²) in [5, 5.41) is 9.94. The van der Waals surface area contributed by atoms with Crippen molar-refractivity contribution in [1.82, 2.24) is 0 Å². The highest BCUT2D eigenvalue weighted by Crippen LogP contribution is 2.41. The number of carboxylic acids is 1. The van der Waals surface area contributed by atoms with E-state index in [9.17, 15) is 9.90 Å². The van der Waals surface area contributed by atoms with Crippen LogP contribution in [-0.4, -0.2) is 11.1 Å². The highest BCUT2D eigenvalue weighted by Gasteiger charge is 2.27. The number of carboxylic acid groups (broad SMARTS) is 1. The first-order valence-corrected chi connectivity index (χ1v) is 8.93. The Morgan fingerprint density at radius 1 is 1.28 bits per heavy atom. The Morgan fingerprint density at radius 3 is 2.80 bits per heavy atom. The van der Waals surface area contributed by atoms with Crippen molar-refractivity contribution in [2.24, 2.45) is 0 Å². The van der Waals surface area contributed by atoms with Crippen LogP contribution in [0, 0.1) is 0 Å². The molecule has 0 saturated heterocycles. The predicted octanol–water partition coefficient (Wildman–Crippen LogP) is 5.54. The van der Waals surface area contributed by atoms with Gasteiger partial charge >= 0.3 is 5.97 Å². The summed E-state index contributed by atoms with van der Waals surface area (Å²) < 4.78 is 6.04. The van der Waals surface area contributed by atoms with E-state index in [0.29, 0.717) is 24.2 Å². The highest BCUT2D eigenvalue weighted by atomic mass is 16.5. The molecule has 0 spiro atoms. The number of fused-ring (bicyclic) bond motifs is 2. The summed E-state index contributed by atoms with van der Waals surface area (Å²) in [5.74, 6) is 0.624. The lowest BCUT2D eigenvalue weighted by Crippen LogP contribution is -2.15. The molecule has 130 valence electrons. The Bertz CT molecular complexity index is 805. The summed E-state index contributed by atoms with van der Waals surface area (Å²) in [5.41, 5.74) is 4.23. The Balaban J connectivity index is 2.12. The zero-order valence-electron chi connectivity index (χ0n) is 14.7. The lowest BCUT2D eigenvalue weighted by atomic mass is 9.86. The number of allylic oxidation sites excluding steroid dienone is 1. The van der Waals surface area contributed by atoms with E-state index >= 15 is 0 Å². The molecule has 25 heavy (non-hydrogen) atoms. The van der Waals surface area contributed by atoms with Crippen molar-refractivity contribution in [2.45, 2.75) is 45.4 Å². The molecule has 3 nitrogen and oxygen atoms in total. The average Bonchev–Trinajstić information content (AvgIpc) is 2.60. The maximum absolute atomic E-state index is 12.1. The number of para-hydroxylation sites is 1. The number of benzene rings is 2. The highest BCUT2D eigenvalue weighted by molar-refractivity contribution is 5.93. The summed E-state index contributed by atoms with van der Waals surface area (Å²) in [6.45, 7) is 5.98. The SMILES string of the molecule is C=CCc1cc2c(c(C(=O)O)c1CCCCC)Cc1ccccc1O2. The molecule has 1 heterocycles. The average molecular weight is 336 g/mol. The molecule has 0 aliphatic carbocycles. The fourth-order valence-electron chi connectivity index (χ4n) is 3.56. The van der Waals surface area contributed by atoms with Gasteiger partial charge in [0.2, 0.25) is 0 Å². The lowest BCUT2D eigenvalue weighted by Gasteiger charge is -2.25. The van der Waals surface area contributed by atoms with Gasteiger partial charge in [-0.2, -0.15) is 0 Å². The molecule has 0 radical (unpaired) electrons. The summed E-state index contributed by atoms with van der Waals surface area (Å²) in [7, 11) is 0. The monoisotopic (exact) mass is 336 g/mol. The Kier molecular flexibility index (Phi) is 5.22. The molecule has 2 aromatic carbocycles. The lowest BCUT2D eigenvalue weighted by molar-refractivity contribution is 0.0694. The van der Waals surface area contributed by atoms with E-state index < -0.39 is 5.97 Å². The standard InChI is InChI=1S/C22H24O3/c1-3-5-6-11-17-15(9-4-2)14-20-18(21(17)22(23)24)13-16-10-7-8-12-19(16)25-20/h4,7-8,10,12,14H,2-3,5-6,9,11,13H2,1H3,(H,23,24). The van der Waals surface area contributed by atoms with Crippen LogP contribution in [-0.2, 0) is 19.3 Å². The van der Waals surface area contributed by atoms with E-state index in [0.717, 1.165) is 53.7 Å². The topological polar surface area (TPSA) is 46.5 Å². The van der Waals surface area contributed by atoms with Gasteiger partial charge in [-0.1, -0.05) is 44.0 Å². The van der Waals surface area contributed by atoms with Crippen LogP contribution in [0.4, 0.5) is 0 Å². The molecule has 1 aliphatic rings. The van der Waals surface area contributed by atoms with Crippen molar-refractivity contribution >= 4 is 5.97 Å². The number of carbonyl (C=O) groups is 1. The van der Waals surface area contributed by atoms with Crippen molar-refractivity contribution < 1.29 is 14.6 Å². The fourth-order valence-corrected chi connectivity index (χ4v) is 3.56. The summed E-state index contributed by atoms with van der Waals surface area (Å²) in [6, 6.07) is 9.84. The van der Waals surface area contributed by atoms with Crippen LogP contribution in [0.5, 0.6) is 11.5 Å². The van der Waals surface area contributed by atoms with Crippen molar-refractivity contribution in [3.05, 3.63) is 70.8 Å². The van der Waals surface area contributed by atoms with Gasteiger partial charge in [0.15, 0.2) is 0 Å². The molecular weight excluding hydrogens is 312 g/mol. The van der Waals surface area contributed by atoms with Crippen molar-refractivity contribution in [2.75, 3.05) is 0 Å². The number of ether oxygens (including phenoxy) is 1. The van der Waals surface area contributed by atoms with Gasteiger partial charge in [-0.25, -0.2) is 4.79 Å². The van der Waals surface area contributed by atoms with Crippen LogP contribution in [0.15, 0.2) is 43.0 Å². The Labute approximate surface area is 149 Å². The quantitative estimate of drug-likeness (QED) is 0.455. The largest absolute Gasteiger partial charge is 0.478 e. The summed E-state index contributed by atoms with van der Waals surface area (Å²) >= 11 is 0. The third-order valence-corrected chi connectivity index (χ3v) is 4.76. The van der Waals surface area contributed by atoms with E-state index in [1.165, 1.54) is 0 Å².